The van der Waals surface area contributed by atoms with Crippen LogP contribution in [0.2, 0.25) is 0 Å². The van der Waals surface area contributed by atoms with Crippen LogP contribution in [0.1, 0.15) is 24.5 Å². The van der Waals surface area contributed by atoms with Gasteiger partial charge in [-0.3, -0.25) is 4.79 Å². The molecule has 2 rings (SSSR count). The van der Waals surface area contributed by atoms with Crippen molar-refractivity contribution in [3.8, 4) is 5.75 Å². The Balaban J connectivity index is 1.98. The summed E-state index contributed by atoms with van der Waals surface area (Å²) in [6, 6.07) is 4.87. The van der Waals surface area contributed by atoms with Crippen molar-refractivity contribution >= 4 is 18.0 Å². The van der Waals surface area contributed by atoms with Crippen molar-refractivity contribution in [2.24, 2.45) is 0 Å². The fourth-order valence-electron chi connectivity index (χ4n) is 2.04. The fraction of sp³-hybridized carbons (Fsp3) is 0.333. The molecule has 0 radical (unpaired) electrons. The number of amides is 1. The van der Waals surface area contributed by atoms with Crippen LogP contribution >= 0.6 is 0 Å². The molecule has 0 bridgehead atoms. The van der Waals surface area contributed by atoms with Crippen molar-refractivity contribution in [3.05, 3.63) is 35.4 Å². The third-order valence-corrected chi connectivity index (χ3v) is 3.16. The second-order valence-electron chi connectivity index (χ2n) is 4.61. The van der Waals surface area contributed by atoms with Gasteiger partial charge in [-0.1, -0.05) is 13.0 Å². The van der Waals surface area contributed by atoms with Crippen molar-refractivity contribution in [2.45, 2.75) is 25.8 Å². The maximum atomic E-state index is 11.6. The number of carbonyl (C=O) groups excluding carboxylic acids is 1. The zero-order chi connectivity index (χ0) is 14.5. The van der Waals surface area contributed by atoms with Crippen molar-refractivity contribution in [2.75, 3.05) is 6.61 Å². The van der Waals surface area contributed by atoms with Crippen molar-refractivity contribution in [1.29, 1.82) is 0 Å². The predicted octanol–water partition coefficient (Wildman–Crippen LogP) is 1.61. The number of ether oxygens (including phenoxy) is 1. The molecule has 106 valence electrons. The van der Waals surface area contributed by atoms with Crippen LogP contribution in [-0.2, 0) is 16.0 Å². The average molecular weight is 275 g/mol. The Labute approximate surface area is 117 Å². The van der Waals surface area contributed by atoms with Crippen molar-refractivity contribution in [1.82, 2.24) is 5.32 Å². The van der Waals surface area contributed by atoms with Crippen LogP contribution < -0.4 is 10.1 Å². The molecule has 0 saturated carbocycles. The maximum Gasteiger partial charge on any atom is 0.326 e. The van der Waals surface area contributed by atoms with Gasteiger partial charge in [-0.2, -0.15) is 0 Å². The van der Waals surface area contributed by atoms with E-state index in [4.69, 9.17) is 9.84 Å². The maximum absolute atomic E-state index is 11.6. The first-order valence-corrected chi connectivity index (χ1v) is 6.57. The summed E-state index contributed by atoms with van der Waals surface area (Å²) in [5, 5.41) is 11.3. The van der Waals surface area contributed by atoms with Gasteiger partial charge < -0.3 is 15.2 Å². The van der Waals surface area contributed by atoms with Gasteiger partial charge in [0.2, 0.25) is 5.91 Å². The zero-order valence-electron chi connectivity index (χ0n) is 11.3. The SMILES string of the molecule is CC[C@H](NC(=O)/C=C/c1ccc2c(c1)CCO2)C(=O)O. The van der Waals surface area contributed by atoms with E-state index in [1.165, 1.54) is 6.08 Å². The summed E-state index contributed by atoms with van der Waals surface area (Å²) in [4.78, 5) is 22.5. The van der Waals surface area contributed by atoms with Gasteiger partial charge in [0.05, 0.1) is 6.61 Å². The fourth-order valence-corrected chi connectivity index (χ4v) is 2.04. The standard InChI is InChI=1S/C15H17NO4/c1-2-12(15(18)19)16-14(17)6-4-10-3-5-13-11(9-10)7-8-20-13/h3-6,9,12H,2,7-8H2,1H3,(H,16,17)(H,18,19)/b6-4+/t12-/m0/s1. The Morgan fingerprint density at radius 1 is 1.50 bits per heavy atom. The molecule has 0 aromatic heterocycles. The van der Waals surface area contributed by atoms with Crippen LogP contribution in [0.3, 0.4) is 0 Å². The van der Waals surface area contributed by atoms with E-state index in [-0.39, 0.29) is 0 Å². The van der Waals surface area contributed by atoms with Crippen LogP contribution in [0.5, 0.6) is 5.75 Å². The quantitative estimate of drug-likeness (QED) is 0.801. The third kappa shape index (κ3) is 3.38. The zero-order valence-corrected chi connectivity index (χ0v) is 11.3. The summed E-state index contributed by atoms with van der Waals surface area (Å²) >= 11 is 0. The number of aliphatic carboxylic acids is 1. The number of nitrogens with one attached hydrogen (secondary N) is 1. The minimum absolute atomic E-state index is 0.352. The monoisotopic (exact) mass is 275 g/mol. The molecule has 1 amide bonds. The van der Waals surface area contributed by atoms with Gasteiger partial charge in [-0.25, -0.2) is 4.79 Å². The minimum atomic E-state index is -1.02. The van der Waals surface area contributed by atoms with Gasteiger partial charge >= 0.3 is 5.97 Å². The lowest BCUT2D eigenvalue weighted by Gasteiger charge is -2.09. The van der Waals surface area contributed by atoms with Crippen LogP contribution in [0, 0.1) is 0 Å². The second-order valence-corrected chi connectivity index (χ2v) is 4.61. The van der Waals surface area contributed by atoms with Gasteiger partial charge in [-0.05, 0) is 35.8 Å². The second kappa shape index (κ2) is 6.23. The van der Waals surface area contributed by atoms with Crippen LogP contribution in [-0.4, -0.2) is 29.6 Å². The molecule has 0 spiro atoms. The number of carboxylic acids is 1. The largest absolute Gasteiger partial charge is 0.493 e. The molecule has 1 aromatic carbocycles. The Kier molecular flexibility index (Phi) is 4.40. The van der Waals surface area contributed by atoms with Crippen molar-refractivity contribution < 1.29 is 19.4 Å². The number of carbonyl (C=O) groups is 2. The van der Waals surface area contributed by atoms with E-state index in [0.29, 0.717) is 13.0 Å². The lowest BCUT2D eigenvalue weighted by Crippen LogP contribution is -2.39. The van der Waals surface area contributed by atoms with E-state index in [0.717, 1.165) is 23.3 Å². The van der Waals surface area contributed by atoms with E-state index in [9.17, 15) is 9.59 Å². The lowest BCUT2D eigenvalue weighted by molar-refractivity contribution is -0.141. The molecule has 0 saturated heterocycles. The molecule has 0 fully saturated rings. The topological polar surface area (TPSA) is 75.6 Å². The molecule has 20 heavy (non-hydrogen) atoms. The van der Waals surface area contributed by atoms with Gasteiger partial charge in [-0.15, -0.1) is 0 Å². The Hall–Kier alpha value is -2.30. The molecule has 1 aliphatic rings. The van der Waals surface area contributed by atoms with E-state index in [1.54, 1.807) is 13.0 Å². The normalized spacial score (nSPS) is 14.7. The number of hydrogen-bond acceptors (Lipinski definition) is 3. The van der Waals surface area contributed by atoms with Crippen LogP contribution in [0.15, 0.2) is 24.3 Å². The molecule has 2 N–H and O–H groups in total. The highest BCUT2D eigenvalue weighted by molar-refractivity contribution is 5.94. The number of rotatable bonds is 5. The summed E-state index contributed by atoms with van der Waals surface area (Å²) in [6.07, 6.45) is 4.25. The van der Waals surface area contributed by atoms with Gasteiger partial charge in [0.25, 0.3) is 0 Å². The molecule has 0 unspecified atom stereocenters. The number of carboxylic acid groups (broad SMARTS) is 1. The van der Waals surface area contributed by atoms with Gasteiger partial charge in [0, 0.05) is 12.5 Å². The Bertz CT molecular complexity index is 551. The molecular formula is C15H17NO4. The smallest absolute Gasteiger partial charge is 0.326 e. The highest BCUT2D eigenvalue weighted by Crippen LogP contribution is 2.26. The van der Waals surface area contributed by atoms with Crippen molar-refractivity contribution in [3.63, 3.8) is 0 Å². The molecule has 1 heterocycles. The molecule has 1 aliphatic heterocycles. The number of benzene rings is 1. The van der Waals surface area contributed by atoms with E-state index < -0.39 is 17.9 Å². The number of fused-ring (bicyclic) bond motifs is 1. The number of hydrogen-bond donors (Lipinski definition) is 2. The highest BCUT2D eigenvalue weighted by atomic mass is 16.5. The van der Waals surface area contributed by atoms with E-state index in [1.807, 2.05) is 18.2 Å². The summed E-state index contributed by atoms with van der Waals surface area (Å²) in [7, 11) is 0. The molecule has 5 nitrogen and oxygen atoms in total. The summed E-state index contributed by atoms with van der Waals surface area (Å²) in [5.41, 5.74) is 2.03. The minimum Gasteiger partial charge on any atom is -0.493 e. The first kappa shape index (κ1) is 14.1. The molecule has 1 aromatic rings. The van der Waals surface area contributed by atoms with Crippen LogP contribution in [0.4, 0.5) is 0 Å². The third-order valence-electron chi connectivity index (χ3n) is 3.16. The molecule has 0 aliphatic carbocycles. The van der Waals surface area contributed by atoms with E-state index >= 15 is 0 Å². The average Bonchev–Trinajstić information content (AvgIpc) is 2.89. The first-order valence-electron chi connectivity index (χ1n) is 6.57. The first-order chi connectivity index (χ1) is 9.60. The summed E-state index contributed by atoms with van der Waals surface area (Å²) < 4.78 is 5.40. The molecule has 1 atom stereocenters. The van der Waals surface area contributed by atoms with Gasteiger partial charge in [0.15, 0.2) is 0 Å². The molecule has 5 heteroatoms. The Morgan fingerprint density at radius 2 is 2.30 bits per heavy atom. The summed E-state index contributed by atoms with van der Waals surface area (Å²) in [5.74, 6) is -0.538. The Morgan fingerprint density at radius 3 is 3.00 bits per heavy atom. The predicted molar refractivity (Wildman–Crippen MR) is 74.5 cm³/mol. The van der Waals surface area contributed by atoms with Gasteiger partial charge in [0.1, 0.15) is 11.8 Å². The highest BCUT2D eigenvalue weighted by Gasteiger charge is 2.16. The van der Waals surface area contributed by atoms with E-state index in [2.05, 4.69) is 5.32 Å². The molecular weight excluding hydrogens is 258 g/mol. The lowest BCUT2D eigenvalue weighted by atomic mass is 10.1. The van der Waals surface area contributed by atoms with Crippen LogP contribution in [0.25, 0.3) is 6.08 Å². The summed E-state index contributed by atoms with van der Waals surface area (Å²) in [6.45, 7) is 2.41.